The van der Waals surface area contributed by atoms with Crippen molar-refractivity contribution in [3.05, 3.63) is 0 Å². The van der Waals surface area contributed by atoms with Crippen molar-refractivity contribution in [1.82, 2.24) is 5.32 Å². The first-order chi connectivity index (χ1) is 5.81. The second kappa shape index (κ2) is 4.50. The maximum absolute atomic E-state index is 10.8. The number of carbonyl (C=O) groups excluding carboxylic acids is 1. The number of nitrogens with one attached hydrogen (secondary N) is 1. The molecule has 13 heavy (non-hydrogen) atoms. The number of amides is 1. The molecular weight excluding hydrogens is 190 g/mol. The Hall–Kier alpha value is -0.710. The Morgan fingerprint density at radius 1 is 1.62 bits per heavy atom. The van der Waals surface area contributed by atoms with Crippen molar-refractivity contribution in [2.45, 2.75) is 38.0 Å². The largest absolute Gasteiger partial charge is 0.480 e. The number of carboxylic acids is 1. The molecule has 0 saturated carbocycles. The van der Waals surface area contributed by atoms with Gasteiger partial charge in [-0.25, -0.2) is 4.79 Å². The van der Waals surface area contributed by atoms with Crippen LogP contribution in [-0.4, -0.2) is 27.8 Å². The quantitative estimate of drug-likeness (QED) is 0.591. The number of hydrogen-bond acceptors (Lipinski definition) is 3. The smallest absolute Gasteiger partial charge is 0.327 e. The molecule has 0 rings (SSSR count). The molecule has 5 heteroatoms. The van der Waals surface area contributed by atoms with Crippen LogP contribution in [0.1, 0.15) is 27.2 Å². The lowest BCUT2D eigenvalue weighted by Crippen LogP contribution is -2.52. The molecule has 76 valence electrons. The van der Waals surface area contributed by atoms with E-state index in [0.29, 0.717) is 6.42 Å². The summed E-state index contributed by atoms with van der Waals surface area (Å²) in [6.07, 6.45) is 0.563. The molecule has 4 nitrogen and oxygen atoms in total. The van der Waals surface area contributed by atoms with Crippen LogP contribution in [0.2, 0.25) is 0 Å². The third-order valence-corrected chi connectivity index (χ3v) is 2.51. The first kappa shape index (κ1) is 12.3. The van der Waals surface area contributed by atoms with Crippen LogP contribution in [0.15, 0.2) is 0 Å². The zero-order valence-corrected chi connectivity index (χ0v) is 8.89. The van der Waals surface area contributed by atoms with Crippen LogP contribution in [0.3, 0.4) is 0 Å². The van der Waals surface area contributed by atoms with Crippen LogP contribution in [0.25, 0.3) is 0 Å². The SMILES string of the molecule is CC[C@@](C)(S)[C@@H](NC(C)=O)C(=O)O. The van der Waals surface area contributed by atoms with Crippen molar-refractivity contribution in [2.24, 2.45) is 0 Å². The van der Waals surface area contributed by atoms with Gasteiger partial charge >= 0.3 is 5.97 Å². The molecule has 2 N–H and O–H groups in total. The molecule has 0 spiro atoms. The van der Waals surface area contributed by atoms with Crippen molar-refractivity contribution in [2.75, 3.05) is 0 Å². The predicted molar refractivity (Wildman–Crippen MR) is 52.9 cm³/mol. The van der Waals surface area contributed by atoms with E-state index in [4.69, 9.17) is 5.11 Å². The van der Waals surface area contributed by atoms with Gasteiger partial charge in [-0.2, -0.15) is 12.6 Å². The monoisotopic (exact) mass is 205 g/mol. The fourth-order valence-electron chi connectivity index (χ4n) is 0.891. The molecule has 0 heterocycles. The summed E-state index contributed by atoms with van der Waals surface area (Å²) >= 11 is 4.20. The van der Waals surface area contributed by atoms with Gasteiger partial charge in [0.2, 0.25) is 5.91 Å². The zero-order chi connectivity index (χ0) is 10.6. The summed E-state index contributed by atoms with van der Waals surface area (Å²) in [5, 5.41) is 11.2. The minimum Gasteiger partial charge on any atom is -0.480 e. The van der Waals surface area contributed by atoms with E-state index >= 15 is 0 Å². The molecule has 0 aliphatic rings. The summed E-state index contributed by atoms with van der Waals surface area (Å²) in [7, 11) is 0. The summed E-state index contributed by atoms with van der Waals surface area (Å²) < 4.78 is -0.725. The highest BCUT2D eigenvalue weighted by Crippen LogP contribution is 2.22. The standard InChI is InChI=1S/C8H15NO3S/c1-4-8(3,13)6(7(11)12)9-5(2)10/h6,13H,4H2,1-3H3,(H,9,10)(H,11,12)/t6-,8+/m0/s1. The molecule has 1 amide bonds. The number of aliphatic carboxylic acids is 1. The topological polar surface area (TPSA) is 66.4 Å². The Bertz CT molecular complexity index is 215. The third kappa shape index (κ3) is 3.67. The highest BCUT2D eigenvalue weighted by Gasteiger charge is 2.35. The van der Waals surface area contributed by atoms with Crippen molar-refractivity contribution >= 4 is 24.5 Å². The summed E-state index contributed by atoms with van der Waals surface area (Å²) in [5.74, 6) is -1.42. The molecular formula is C8H15NO3S. The van der Waals surface area contributed by atoms with Crippen LogP contribution in [0.4, 0.5) is 0 Å². The number of rotatable bonds is 4. The number of carbonyl (C=O) groups is 2. The van der Waals surface area contributed by atoms with Crippen LogP contribution in [0, 0.1) is 0 Å². The molecule has 0 aromatic rings. The second-order valence-corrected chi connectivity index (χ2v) is 4.20. The Kier molecular flexibility index (Phi) is 4.26. The second-order valence-electron chi connectivity index (χ2n) is 3.18. The molecule has 0 aliphatic carbocycles. The molecule has 0 saturated heterocycles. The highest BCUT2D eigenvalue weighted by molar-refractivity contribution is 7.81. The minimum atomic E-state index is -1.06. The summed E-state index contributed by atoms with van der Waals surface area (Å²) in [6.45, 7) is 4.80. The van der Waals surface area contributed by atoms with Crippen molar-refractivity contribution < 1.29 is 14.7 Å². The van der Waals surface area contributed by atoms with Crippen LogP contribution in [0.5, 0.6) is 0 Å². The molecule has 0 aromatic heterocycles. The van der Waals surface area contributed by atoms with Crippen molar-refractivity contribution in [1.29, 1.82) is 0 Å². The van der Waals surface area contributed by atoms with Gasteiger partial charge in [-0.3, -0.25) is 4.79 Å². The Labute approximate surface area is 83.1 Å². The average molecular weight is 205 g/mol. The fraction of sp³-hybridized carbons (Fsp3) is 0.750. The van der Waals surface area contributed by atoms with Crippen LogP contribution in [-0.2, 0) is 9.59 Å². The van der Waals surface area contributed by atoms with E-state index in [-0.39, 0.29) is 5.91 Å². The number of carboxylic acid groups (broad SMARTS) is 1. The maximum Gasteiger partial charge on any atom is 0.327 e. The minimum absolute atomic E-state index is 0.360. The van der Waals surface area contributed by atoms with E-state index < -0.39 is 16.8 Å². The Balaban J connectivity index is 4.60. The summed E-state index contributed by atoms with van der Waals surface area (Å²) in [5.41, 5.74) is 0. The maximum atomic E-state index is 10.8. The van der Waals surface area contributed by atoms with E-state index in [1.807, 2.05) is 6.92 Å². The van der Waals surface area contributed by atoms with E-state index in [9.17, 15) is 9.59 Å². The van der Waals surface area contributed by atoms with Gasteiger partial charge in [-0.05, 0) is 13.3 Å². The number of hydrogen-bond donors (Lipinski definition) is 3. The fourth-order valence-corrected chi connectivity index (χ4v) is 1.07. The van der Waals surface area contributed by atoms with Gasteiger partial charge in [-0.15, -0.1) is 0 Å². The lowest BCUT2D eigenvalue weighted by Gasteiger charge is -2.29. The molecule has 0 fully saturated rings. The summed E-state index contributed by atoms with van der Waals surface area (Å²) in [6, 6.07) is -0.946. The van der Waals surface area contributed by atoms with E-state index in [1.165, 1.54) is 6.92 Å². The van der Waals surface area contributed by atoms with Crippen LogP contribution < -0.4 is 5.32 Å². The molecule has 2 atom stereocenters. The first-order valence-corrected chi connectivity index (χ1v) is 4.48. The Morgan fingerprint density at radius 2 is 2.08 bits per heavy atom. The average Bonchev–Trinajstić information content (AvgIpc) is 1.99. The lowest BCUT2D eigenvalue weighted by atomic mass is 9.98. The Morgan fingerprint density at radius 3 is 2.31 bits per heavy atom. The van der Waals surface area contributed by atoms with Crippen molar-refractivity contribution in [3.63, 3.8) is 0 Å². The van der Waals surface area contributed by atoms with Gasteiger partial charge in [0, 0.05) is 11.7 Å². The predicted octanol–water partition coefficient (Wildman–Crippen LogP) is 0.674. The highest BCUT2D eigenvalue weighted by atomic mass is 32.1. The van der Waals surface area contributed by atoms with Gasteiger partial charge in [0.05, 0.1) is 0 Å². The molecule has 0 aromatic carbocycles. The number of thiol groups is 1. The van der Waals surface area contributed by atoms with Gasteiger partial charge < -0.3 is 10.4 Å². The summed E-state index contributed by atoms with van der Waals surface area (Å²) in [4.78, 5) is 21.5. The third-order valence-electron chi connectivity index (χ3n) is 1.93. The normalized spacial score (nSPS) is 17.2. The molecule has 0 unspecified atom stereocenters. The molecule has 0 aliphatic heterocycles. The van der Waals surface area contributed by atoms with Crippen molar-refractivity contribution in [3.8, 4) is 0 Å². The van der Waals surface area contributed by atoms with Gasteiger partial charge in [0.1, 0.15) is 6.04 Å². The molecule has 0 bridgehead atoms. The van der Waals surface area contributed by atoms with Crippen LogP contribution >= 0.6 is 12.6 Å². The zero-order valence-electron chi connectivity index (χ0n) is 8.00. The van der Waals surface area contributed by atoms with Gasteiger partial charge in [0.15, 0.2) is 0 Å². The van der Waals surface area contributed by atoms with E-state index in [0.717, 1.165) is 0 Å². The van der Waals surface area contributed by atoms with Gasteiger partial charge in [-0.1, -0.05) is 6.92 Å². The lowest BCUT2D eigenvalue weighted by molar-refractivity contribution is -0.142. The first-order valence-electron chi connectivity index (χ1n) is 4.03. The van der Waals surface area contributed by atoms with E-state index in [2.05, 4.69) is 17.9 Å². The van der Waals surface area contributed by atoms with Gasteiger partial charge in [0.25, 0.3) is 0 Å². The molecule has 0 radical (unpaired) electrons. The van der Waals surface area contributed by atoms with E-state index in [1.54, 1.807) is 6.92 Å².